The van der Waals surface area contributed by atoms with Gasteiger partial charge in [-0.1, -0.05) is 0 Å². The fraction of sp³-hybridized carbons (Fsp3) is 0.429. The Labute approximate surface area is 211 Å². The van der Waals surface area contributed by atoms with Crippen molar-refractivity contribution in [3.63, 3.8) is 0 Å². The standard InChI is InChI=1S/C21H24N6O5S3/c1-9-19-27-15(11(3)32-19)18(30)23-10(2)20-25-14(7-33-20)17(29)24-12(5-6-35(4)31)21-26-13(8-34-21)16(28)22-9/h7-10,12H,5-6H2,1-4H3,(H,22,28)(H,23,30)(H,24,29). The highest BCUT2D eigenvalue weighted by Crippen LogP contribution is 2.25. The maximum absolute atomic E-state index is 13.0. The summed E-state index contributed by atoms with van der Waals surface area (Å²) in [5, 5.41) is 12.8. The van der Waals surface area contributed by atoms with Crippen LogP contribution in [0, 0.1) is 6.92 Å². The van der Waals surface area contributed by atoms with Gasteiger partial charge in [-0.2, -0.15) is 0 Å². The van der Waals surface area contributed by atoms with Crippen molar-refractivity contribution in [2.24, 2.45) is 0 Å². The maximum Gasteiger partial charge on any atom is 0.274 e. The molecule has 6 bridgehead atoms. The van der Waals surface area contributed by atoms with Crippen LogP contribution in [0.3, 0.4) is 0 Å². The molecular formula is C21H24N6O5S3. The monoisotopic (exact) mass is 536 g/mol. The van der Waals surface area contributed by atoms with Crippen molar-refractivity contribution < 1.29 is 23.0 Å². The molecule has 11 nitrogen and oxygen atoms in total. The maximum atomic E-state index is 13.0. The van der Waals surface area contributed by atoms with Crippen LogP contribution in [-0.2, 0) is 10.8 Å². The number of carbonyl (C=O) groups excluding carboxylic acids is 3. The average Bonchev–Trinajstić information content (AvgIpc) is 3.55. The third-order valence-electron chi connectivity index (χ3n) is 5.27. The summed E-state index contributed by atoms with van der Waals surface area (Å²) in [6, 6.07) is -1.65. The summed E-state index contributed by atoms with van der Waals surface area (Å²) in [7, 11) is -1.07. The van der Waals surface area contributed by atoms with E-state index in [4.69, 9.17) is 4.42 Å². The average molecular weight is 537 g/mol. The van der Waals surface area contributed by atoms with Crippen molar-refractivity contribution in [3.05, 3.63) is 49.5 Å². The summed E-state index contributed by atoms with van der Waals surface area (Å²) < 4.78 is 17.4. The van der Waals surface area contributed by atoms with Gasteiger partial charge < -0.3 is 20.4 Å². The first kappa shape index (κ1) is 25.1. The SMILES string of the molecule is Cc1oc2nc1C(=O)NC(C)c1nc(cs1)C(=O)NC(CCS(C)=O)c1nc(cs1)C(=O)NC2C. The molecule has 0 radical (unpaired) electrons. The van der Waals surface area contributed by atoms with Crippen LogP contribution in [0.5, 0.6) is 0 Å². The number of fused-ring (bicyclic) bond motifs is 6. The Hall–Kier alpha value is -2.97. The molecule has 35 heavy (non-hydrogen) atoms. The lowest BCUT2D eigenvalue weighted by atomic mass is 10.2. The van der Waals surface area contributed by atoms with Gasteiger partial charge in [-0.05, 0) is 27.2 Å². The minimum Gasteiger partial charge on any atom is -0.443 e. The molecule has 14 heteroatoms. The number of carbonyl (C=O) groups is 3. The normalized spacial score (nSPS) is 21.9. The van der Waals surface area contributed by atoms with Gasteiger partial charge in [0.25, 0.3) is 17.7 Å². The lowest BCUT2D eigenvalue weighted by Crippen LogP contribution is -2.31. The van der Waals surface area contributed by atoms with Gasteiger partial charge in [0.1, 0.15) is 33.2 Å². The fourth-order valence-electron chi connectivity index (χ4n) is 3.39. The molecule has 0 aromatic carbocycles. The van der Waals surface area contributed by atoms with Gasteiger partial charge in [0, 0.05) is 33.6 Å². The minimum absolute atomic E-state index is 0.107. The summed E-state index contributed by atoms with van der Waals surface area (Å²) >= 11 is 2.47. The van der Waals surface area contributed by atoms with Crippen molar-refractivity contribution in [2.45, 2.75) is 45.3 Å². The highest BCUT2D eigenvalue weighted by Gasteiger charge is 2.27. The molecule has 3 aromatic heterocycles. The molecule has 0 aliphatic carbocycles. The van der Waals surface area contributed by atoms with E-state index in [-0.39, 0.29) is 23.0 Å². The van der Waals surface area contributed by atoms with Gasteiger partial charge in [0.15, 0.2) is 5.69 Å². The van der Waals surface area contributed by atoms with Crippen LogP contribution in [0.15, 0.2) is 15.2 Å². The number of oxazole rings is 1. The zero-order valence-corrected chi connectivity index (χ0v) is 21.9. The van der Waals surface area contributed by atoms with Crippen LogP contribution in [0.4, 0.5) is 0 Å². The van der Waals surface area contributed by atoms with Crippen molar-refractivity contribution >= 4 is 51.2 Å². The molecule has 1 aliphatic heterocycles. The number of rotatable bonds is 3. The molecule has 4 atom stereocenters. The predicted molar refractivity (Wildman–Crippen MR) is 131 cm³/mol. The lowest BCUT2D eigenvalue weighted by molar-refractivity contribution is 0.0924. The topological polar surface area (TPSA) is 156 Å². The van der Waals surface area contributed by atoms with Crippen LogP contribution < -0.4 is 16.0 Å². The molecule has 0 saturated carbocycles. The molecule has 0 saturated heterocycles. The number of aromatic nitrogens is 3. The molecule has 0 fully saturated rings. The van der Waals surface area contributed by atoms with E-state index in [1.54, 1.807) is 37.8 Å². The number of nitrogens with one attached hydrogen (secondary N) is 3. The van der Waals surface area contributed by atoms with E-state index in [1.807, 2.05) is 0 Å². The van der Waals surface area contributed by atoms with E-state index in [2.05, 4.69) is 30.9 Å². The zero-order valence-electron chi connectivity index (χ0n) is 19.4. The first-order valence-electron chi connectivity index (χ1n) is 10.7. The summed E-state index contributed by atoms with van der Waals surface area (Å²) in [5.74, 6) is -0.481. The Kier molecular flexibility index (Phi) is 7.42. The minimum atomic E-state index is -1.07. The zero-order chi connectivity index (χ0) is 25.3. The molecule has 4 unspecified atom stereocenters. The highest BCUT2D eigenvalue weighted by atomic mass is 32.2. The van der Waals surface area contributed by atoms with E-state index < -0.39 is 46.6 Å². The molecular weight excluding hydrogens is 512 g/mol. The van der Waals surface area contributed by atoms with Gasteiger partial charge >= 0.3 is 0 Å². The summed E-state index contributed by atoms with van der Waals surface area (Å²) in [5.41, 5.74) is 0.467. The Bertz CT molecular complexity index is 1300. The van der Waals surface area contributed by atoms with Crippen LogP contribution >= 0.6 is 22.7 Å². The van der Waals surface area contributed by atoms with Gasteiger partial charge in [0.2, 0.25) is 5.89 Å². The van der Waals surface area contributed by atoms with Gasteiger partial charge in [-0.25, -0.2) is 15.0 Å². The Balaban J connectivity index is 1.72. The number of thiazole rings is 2. The Morgan fingerprint density at radius 1 is 0.914 bits per heavy atom. The third-order valence-corrected chi connectivity index (χ3v) is 8.07. The van der Waals surface area contributed by atoms with E-state index in [1.165, 1.54) is 22.7 Å². The van der Waals surface area contributed by atoms with Crippen molar-refractivity contribution in [2.75, 3.05) is 12.0 Å². The van der Waals surface area contributed by atoms with Gasteiger partial charge in [-0.3, -0.25) is 18.6 Å². The highest BCUT2D eigenvalue weighted by molar-refractivity contribution is 7.84. The van der Waals surface area contributed by atoms with Crippen LogP contribution in [0.1, 0.15) is 91.5 Å². The molecule has 186 valence electrons. The molecule has 4 rings (SSSR count). The van der Waals surface area contributed by atoms with E-state index in [0.29, 0.717) is 27.9 Å². The Morgan fingerprint density at radius 2 is 1.51 bits per heavy atom. The number of hydrogen-bond donors (Lipinski definition) is 3. The molecule has 1 aliphatic rings. The summed E-state index contributed by atoms with van der Waals surface area (Å²) in [6.07, 6.45) is 1.96. The van der Waals surface area contributed by atoms with E-state index in [0.717, 1.165) is 0 Å². The summed E-state index contributed by atoms with van der Waals surface area (Å²) in [4.78, 5) is 51.7. The number of nitrogens with zero attached hydrogens (tertiary/aromatic N) is 3. The first-order valence-corrected chi connectivity index (χ1v) is 14.2. The van der Waals surface area contributed by atoms with Crippen LogP contribution in [-0.4, -0.2) is 48.9 Å². The first-order chi connectivity index (χ1) is 16.6. The fourth-order valence-corrected chi connectivity index (χ4v) is 5.65. The van der Waals surface area contributed by atoms with E-state index >= 15 is 0 Å². The van der Waals surface area contributed by atoms with E-state index in [9.17, 15) is 18.6 Å². The van der Waals surface area contributed by atoms with Crippen molar-refractivity contribution in [1.29, 1.82) is 0 Å². The largest absolute Gasteiger partial charge is 0.443 e. The molecule has 4 heterocycles. The smallest absolute Gasteiger partial charge is 0.274 e. The van der Waals surface area contributed by atoms with Crippen LogP contribution in [0.2, 0.25) is 0 Å². The second-order valence-electron chi connectivity index (χ2n) is 8.08. The molecule has 3 aromatic rings. The lowest BCUT2D eigenvalue weighted by Gasteiger charge is -2.15. The van der Waals surface area contributed by atoms with Crippen molar-refractivity contribution in [3.8, 4) is 0 Å². The second kappa shape index (κ2) is 10.3. The molecule has 3 amide bonds. The van der Waals surface area contributed by atoms with Crippen molar-refractivity contribution in [1.82, 2.24) is 30.9 Å². The van der Waals surface area contributed by atoms with Gasteiger partial charge in [0.05, 0.1) is 12.1 Å². The summed E-state index contributed by atoms with van der Waals surface area (Å²) in [6.45, 7) is 5.07. The quantitative estimate of drug-likeness (QED) is 0.461. The molecule has 0 spiro atoms. The third kappa shape index (κ3) is 5.65. The van der Waals surface area contributed by atoms with Gasteiger partial charge in [-0.15, -0.1) is 22.7 Å². The number of amides is 3. The number of hydrogen-bond acceptors (Lipinski definition) is 10. The Morgan fingerprint density at radius 3 is 2.20 bits per heavy atom. The molecule has 3 N–H and O–H groups in total. The van der Waals surface area contributed by atoms with Crippen LogP contribution in [0.25, 0.3) is 0 Å². The second-order valence-corrected chi connectivity index (χ2v) is 11.4. The predicted octanol–water partition coefficient (Wildman–Crippen LogP) is 2.43. The number of aryl methyl sites for hydroxylation is 1.